The van der Waals surface area contributed by atoms with Crippen molar-refractivity contribution in [2.45, 2.75) is 13.0 Å². The van der Waals surface area contributed by atoms with Crippen molar-refractivity contribution in [1.29, 1.82) is 0 Å². The summed E-state index contributed by atoms with van der Waals surface area (Å²) in [6.45, 7) is 2.78. The molecule has 0 aliphatic rings. The van der Waals surface area contributed by atoms with Crippen molar-refractivity contribution >= 4 is 17.3 Å². The molecule has 1 atom stereocenters. The van der Waals surface area contributed by atoms with E-state index in [2.05, 4.69) is 5.32 Å². The number of carbonyl (C=O) groups is 1. The molecule has 1 amide bonds. The lowest BCUT2D eigenvalue weighted by molar-refractivity contribution is 0.0935. The maximum atomic E-state index is 12.3. The minimum atomic E-state index is -0.0923. The Bertz CT molecular complexity index is 443. The molecule has 0 saturated heterocycles. The number of nitrogens with zero attached hydrogens (tertiary/aromatic N) is 2. The van der Waals surface area contributed by atoms with Crippen molar-refractivity contribution in [3.63, 3.8) is 0 Å². The maximum Gasteiger partial charge on any atom is 0.253 e. The fraction of sp³-hybridized carbons (Fsp3) is 0.500. The summed E-state index contributed by atoms with van der Waals surface area (Å²) in [6, 6.07) is 5.46. The number of hydrogen-bond donors (Lipinski definition) is 2. The first kappa shape index (κ1) is 15.3. The summed E-state index contributed by atoms with van der Waals surface area (Å²) < 4.78 is 0. The van der Waals surface area contributed by atoms with Crippen molar-refractivity contribution in [2.24, 2.45) is 0 Å². The SMILES string of the molecule is CC(CN(C)C)NC(=O)c1cc(N)ccc1N(C)C. The van der Waals surface area contributed by atoms with Gasteiger partial charge in [0, 0.05) is 38.1 Å². The number of nitrogen functional groups attached to an aromatic ring is 1. The van der Waals surface area contributed by atoms with Crippen LogP contribution in [0.3, 0.4) is 0 Å². The third-order valence-electron chi connectivity index (χ3n) is 2.76. The number of amides is 1. The summed E-state index contributed by atoms with van der Waals surface area (Å²) in [5.41, 5.74) is 7.84. The maximum absolute atomic E-state index is 12.3. The molecule has 5 heteroatoms. The van der Waals surface area contributed by atoms with Crippen LogP contribution in [0.15, 0.2) is 18.2 Å². The predicted octanol–water partition coefficient (Wildman–Crippen LogP) is 1.01. The van der Waals surface area contributed by atoms with E-state index < -0.39 is 0 Å². The molecule has 1 aromatic rings. The van der Waals surface area contributed by atoms with Crippen LogP contribution >= 0.6 is 0 Å². The molecule has 1 unspecified atom stereocenters. The van der Waals surface area contributed by atoms with Gasteiger partial charge in [-0.15, -0.1) is 0 Å². The molecule has 0 spiro atoms. The number of hydrogen-bond acceptors (Lipinski definition) is 4. The van der Waals surface area contributed by atoms with Gasteiger partial charge in [-0.3, -0.25) is 4.79 Å². The Morgan fingerprint density at radius 1 is 1.32 bits per heavy atom. The topological polar surface area (TPSA) is 61.6 Å². The first-order valence-corrected chi connectivity index (χ1v) is 6.33. The molecular weight excluding hydrogens is 240 g/mol. The van der Waals surface area contributed by atoms with Crippen LogP contribution in [0, 0.1) is 0 Å². The molecular formula is C14H24N4O. The average Bonchev–Trinajstić information content (AvgIpc) is 2.26. The summed E-state index contributed by atoms with van der Waals surface area (Å²) in [5, 5.41) is 2.99. The van der Waals surface area contributed by atoms with Crippen molar-refractivity contribution in [1.82, 2.24) is 10.2 Å². The summed E-state index contributed by atoms with van der Waals surface area (Å²) >= 11 is 0. The zero-order valence-electron chi connectivity index (χ0n) is 12.4. The van der Waals surface area contributed by atoms with Crippen LogP contribution in [0.1, 0.15) is 17.3 Å². The van der Waals surface area contributed by atoms with E-state index in [1.54, 1.807) is 12.1 Å². The smallest absolute Gasteiger partial charge is 0.253 e. The molecule has 0 aromatic heterocycles. The highest BCUT2D eigenvalue weighted by molar-refractivity contribution is 6.00. The number of benzene rings is 1. The molecule has 0 saturated carbocycles. The van der Waals surface area contributed by atoms with E-state index in [1.807, 2.05) is 51.0 Å². The summed E-state index contributed by atoms with van der Waals surface area (Å²) in [4.78, 5) is 16.2. The van der Waals surface area contributed by atoms with Crippen LogP contribution in [0.5, 0.6) is 0 Å². The molecule has 19 heavy (non-hydrogen) atoms. The monoisotopic (exact) mass is 264 g/mol. The lowest BCUT2D eigenvalue weighted by atomic mass is 10.1. The van der Waals surface area contributed by atoms with Crippen LogP contribution in [0.25, 0.3) is 0 Å². The quantitative estimate of drug-likeness (QED) is 0.779. The second-order valence-corrected chi connectivity index (χ2v) is 5.31. The highest BCUT2D eigenvalue weighted by Gasteiger charge is 2.15. The number of anilines is 2. The lowest BCUT2D eigenvalue weighted by Gasteiger charge is -2.21. The Hall–Kier alpha value is -1.75. The fourth-order valence-corrected chi connectivity index (χ4v) is 2.02. The lowest BCUT2D eigenvalue weighted by Crippen LogP contribution is -2.40. The molecule has 1 aromatic carbocycles. The van der Waals surface area contributed by atoms with Crippen LogP contribution < -0.4 is 16.0 Å². The number of likely N-dealkylation sites (N-methyl/N-ethyl adjacent to an activating group) is 1. The number of nitrogens with one attached hydrogen (secondary N) is 1. The van der Waals surface area contributed by atoms with E-state index in [9.17, 15) is 4.79 Å². The minimum Gasteiger partial charge on any atom is -0.399 e. The van der Waals surface area contributed by atoms with Crippen molar-refractivity contribution in [2.75, 3.05) is 45.4 Å². The largest absolute Gasteiger partial charge is 0.399 e. The van der Waals surface area contributed by atoms with Gasteiger partial charge in [-0.2, -0.15) is 0 Å². The molecule has 1 rings (SSSR count). The molecule has 0 heterocycles. The fourth-order valence-electron chi connectivity index (χ4n) is 2.02. The molecule has 3 N–H and O–H groups in total. The first-order chi connectivity index (χ1) is 8.81. The van der Waals surface area contributed by atoms with Gasteiger partial charge < -0.3 is 20.9 Å². The molecule has 0 radical (unpaired) electrons. The van der Waals surface area contributed by atoms with Gasteiger partial charge in [0.2, 0.25) is 0 Å². The van der Waals surface area contributed by atoms with Crippen LogP contribution in [-0.4, -0.2) is 51.6 Å². The predicted molar refractivity (Wildman–Crippen MR) is 80.7 cm³/mol. The highest BCUT2D eigenvalue weighted by atomic mass is 16.1. The first-order valence-electron chi connectivity index (χ1n) is 6.33. The second-order valence-electron chi connectivity index (χ2n) is 5.31. The van der Waals surface area contributed by atoms with Crippen molar-refractivity contribution in [3.05, 3.63) is 23.8 Å². The van der Waals surface area contributed by atoms with Crippen LogP contribution in [0.4, 0.5) is 11.4 Å². The molecule has 106 valence electrons. The van der Waals surface area contributed by atoms with Gasteiger partial charge >= 0.3 is 0 Å². The van der Waals surface area contributed by atoms with E-state index in [0.29, 0.717) is 11.3 Å². The standard InChI is InChI=1S/C14H24N4O/c1-10(9-17(2)3)16-14(19)12-8-11(15)6-7-13(12)18(4)5/h6-8,10H,9,15H2,1-5H3,(H,16,19). The van der Waals surface area contributed by atoms with Gasteiger partial charge in [0.05, 0.1) is 5.56 Å². The van der Waals surface area contributed by atoms with Crippen molar-refractivity contribution < 1.29 is 4.79 Å². The number of nitrogens with two attached hydrogens (primary N) is 1. The van der Waals surface area contributed by atoms with E-state index >= 15 is 0 Å². The zero-order valence-corrected chi connectivity index (χ0v) is 12.4. The number of carbonyl (C=O) groups excluding carboxylic acids is 1. The summed E-state index contributed by atoms with van der Waals surface area (Å²) in [7, 11) is 7.78. The van der Waals surface area contributed by atoms with E-state index in [0.717, 1.165) is 12.2 Å². The normalized spacial score (nSPS) is 12.3. The summed E-state index contributed by atoms with van der Waals surface area (Å²) in [6.07, 6.45) is 0. The van der Waals surface area contributed by atoms with E-state index in [4.69, 9.17) is 5.73 Å². The van der Waals surface area contributed by atoms with Crippen LogP contribution in [0.2, 0.25) is 0 Å². The van der Waals surface area contributed by atoms with Gasteiger partial charge in [-0.1, -0.05) is 0 Å². The number of rotatable bonds is 5. The van der Waals surface area contributed by atoms with E-state index in [-0.39, 0.29) is 11.9 Å². The molecule has 0 fully saturated rings. The third-order valence-corrected chi connectivity index (χ3v) is 2.76. The van der Waals surface area contributed by atoms with Gasteiger partial charge in [-0.05, 0) is 39.2 Å². The van der Waals surface area contributed by atoms with Crippen LogP contribution in [-0.2, 0) is 0 Å². The Kier molecular flexibility index (Phi) is 5.18. The van der Waals surface area contributed by atoms with E-state index in [1.165, 1.54) is 0 Å². The molecule has 0 aliphatic heterocycles. The Balaban J connectivity index is 2.89. The van der Waals surface area contributed by atoms with Gasteiger partial charge in [0.15, 0.2) is 0 Å². The Labute approximate surface area is 115 Å². The van der Waals surface area contributed by atoms with Crippen molar-refractivity contribution in [3.8, 4) is 0 Å². The molecule has 5 nitrogen and oxygen atoms in total. The van der Waals surface area contributed by atoms with Gasteiger partial charge in [0.25, 0.3) is 5.91 Å². The Morgan fingerprint density at radius 3 is 2.47 bits per heavy atom. The molecule has 0 bridgehead atoms. The molecule has 0 aliphatic carbocycles. The Morgan fingerprint density at radius 2 is 1.95 bits per heavy atom. The summed E-state index contributed by atoms with van der Waals surface area (Å²) in [5.74, 6) is -0.0923. The van der Waals surface area contributed by atoms with Gasteiger partial charge in [-0.25, -0.2) is 0 Å². The zero-order chi connectivity index (χ0) is 14.6. The van der Waals surface area contributed by atoms with Gasteiger partial charge in [0.1, 0.15) is 0 Å². The third kappa shape index (κ3) is 4.44. The second kappa shape index (κ2) is 6.43. The highest BCUT2D eigenvalue weighted by Crippen LogP contribution is 2.21. The minimum absolute atomic E-state index is 0.0824. The average molecular weight is 264 g/mol.